The summed E-state index contributed by atoms with van der Waals surface area (Å²) in [7, 11) is 0. The molecule has 0 saturated heterocycles. The van der Waals surface area contributed by atoms with Gasteiger partial charge in [-0.15, -0.1) is 0 Å². The third-order valence-electron chi connectivity index (χ3n) is 2.57. The fourth-order valence-corrected chi connectivity index (χ4v) is 1.60. The lowest BCUT2D eigenvalue weighted by atomic mass is 9.96. The number of halogens is 2. The van der Waals surface area contributed by atoms with Crippen molar-refractivity contribution in [3.05, 3.63) is 34.6 Å². The van der Waals surface area contributed by atoms with E-state index in [0.717, 1.165) is 0 Å². The summed E-state index contributed by atoms with van der Waals surface area (Å²) in [5, 5.41) is 12.6. The van der Waals surface area contributed by atoms with Gasteiger partial charge in [0, 0.05) is 12.0 Å². The van der Waals surface area contributed by atoms with Crippen LogP contribution in [-0.2, 0) is 9.63 Å². The standard InChI is InChI=1S/C11H9ClFNO3/c1-11(10(15)16)5-9(14-17-11)6-2-3-7(12)8(13)4-6/h2-4H,5H2,1H3,(H,15,16). The van der Waals surface area contributed by atoms with Gasteiger partial charge in [0.15, 0.2) is 0 Å². The van der Waals surface area contributed by atoms with E-state index < -0.39 is 17.4 Å². The monoisotopic (exact) mass is 257 g/mol. The van der Waals surface area contributed by atoms with Gasteiger partial charge in [-0.05, 0) is 19.1 Å². The van der Waals surface area contributed by atoms with Crippen LogP contribution in [0.15, 0.2) is 23.4 Å². The van der Waals surface area contributed by atoms with Crippen molar-refractivity contribution >= 4 is 23.3 Å². The molecule has 0 amide bonds. The highest BCUT2D eigenvalue weighted by Gasteiger charge is 2.42. The molecule has 1 aromatic rings. The summed E-state index contributed by atoms with van der Waals surface area (Å²) in [6.45, 7) is 1.41. The maximum Gasteiger partial charge on any atom is 0.351 e. The van der Waals surface area contributed by atoms with Crippen LogP contribution in [-0.4, -0.2) is 22.4 Å². The molecule has 0 radical (unpaired) electrons. The van der Waals surface area contributed by atoms with Crippen molar-refractivity contribution in [2.75, 3.05) is 0 Å². The van der Waals surface area contributed by atoms with E-state index in [1.807, 2.05) is 0 Å². The molecule has 17 heavy (non-hydrogen) atoms. The van der Waals surface area contributed by atoms with Crippen molar-refractivity contribution in [2.45, 2.75) is 18.9 Å². The molecule has 90 valence electrons. The smallest absolute Gasteiger partial charge is 0.351 e. The largest absolute Gasteiger partial charge is 0.478 e. The fraction of sp³-hybridized carbons (Fsp3) is 0.273. The molecule has 0 aromatic heterocycles. The second kappa shape index (κ2) is 4.00. The van der Waals surface area contributed by atoms with Gasteiger partial charge in [0.1, 0.15) is 5.82 Å². The van der Waals surface area contributed by atoms with E-state index in [1.54, 1.807) is 6.07 Å². The molecule has 0 bridgehead atoms. The molecule has 0 aliphatic carbocycles. The Morgan fingerprint density at radius 2 is 2.35 bits per heavy atom. The molecular weight excluding hydrogens is 249 g/mol. The summed E-state index contributed by atoms with van der Waals surface area (Å²) in [6, 6.07) is 4.17. The quantitative estimate of drug-likeness (QED) is 0.885. The highest BCUT2D eigenvalue weighted by Crippen LogP contribution is 2.27. The average Bonchev–Trinajstić information content (AvgIpc) is 2.67. The molecular formula is C11H9ClFNO3. The first kappa shape index (κ1) is 11.9. The fourth-order valence-electron chi connectivity index (χ4n) is 1.48. The number of carboxylic acid groups (broad SMARTS) is 1. The van der Waals surface area contributed by atoms with Gasteiger partial charge in [0.25, 0.3) is 0 Å². The maximum absolute atomic E-state index is 13.2. The van der Waals surface area contributed by atoms with Crippen LogP contribution in [0.4, 0.5) is 4.39 Å². The van der Waals surface area contributed by atoms with Crippen molar-refractivity contribution in [3.8, 4) is 0 Å². The molecule has 1 atom stereocenters. The van der Waals surface area contributed by atoms with E-state index in [0.29, 0.717) is 11.3 Å². The van der Waals surface area contributed by atoms with Crippen molar-refractivity contribution in [1.82, 2.24) is 0 Å². The number of benzene rings is 1. The van der Waals surface area contributed by atoms with Crippen LogP contribution < -0.4 is 0 Å². The zero-order valence-corrected chi connectivity index (χ0v) is 9.66. The van der Waals surface area contributed by atoms with Gasteiger partial charge in [0.2, 0.25) is 5.60 Å². The van der Waals surface area contributed by atoms with Crippen LogP contribution in [0.2, 0.25) is 5.02 Å². The Hall–Kier alpha value is -1.62. The Labute approximate surface area is 102 Å². The first-order chi connectivity index (χ1) is 7.92. The minimum Gasteiger partial charge on any atom is -0.478 e. The summed E-state index contributed by atoms with van der Waals surface area (Å²) >= 11 is 5.55. The van der Waals surface area contributed by atoms with Gasteiger partial charge in [-0.1, -0.05) is 22.8 Å². The molecule has 1 heterocycles. The molecule has 1 unspecified atom stereocenters. The SMILES string of the molecule is CC1(C(=O)O)CC(c2ccc(Cl)c(F)c2)=NO1. The Balaban J connectivity index is 2.26. The van der Waals surface area contributed by atoms with Crippen LogP contribution in [0.5, 0.6) is 0 Å². The number of carboxylic acids is 1. The lowest BCUT2D eigenvalue weighted by Crippen LogP contribution is -2.35. The minimum atomic E-state index is -1.38. The number of hydrogen-bond acceptors (Lipinski definition) is 3. The van der Waals surface area contributed by atoms with E-state index >= 15 is 0 Å². The lowest BCUT2D eigenvalue weighted by Gasteiger charge is -2.14. The van der Waals surface area contributed by atoms with Crippen molar-refractivity contribution in [3.63, 3.8) is 0 Å². The molecule has 1 N–H and O–H groups in total. The third kappa shape index (κ3) is 2.10. The van der Waals surface area contributed by atoms with E-state index in [-0.39, 0.29) is 11.4 Å². The molecule has 4 nitrogen and oxygen atoms in total. The summed E-state index contributed by atoms with van der Waals surface area (Å²) in [5.74, 6) is -1.68. The van der Waals surface area contributed by atoms with E-state index in [4.69, 9.17) is 21.5 Å². The van der Waals surface area contributed by atoms with Gasteiger partial charge in [-0.3, -0.25) is 0 Å². The van der Waals surface area contributed by atoms with E-state index in [1.165, 1.54) is 19.1 Å². The van der Waals surface area contributed by atoms with Crippen molar-refractivity contribution in [2.24, 2.45) is 5.16 Å². The van der Waals surface area contributed by atoms with Crippen LogP contribution in [0.1, 0.15) is 18.9 Å². The van der Waals surface area contributed by atoms with Crippen LogP contribution in [0.25, 0.3) is 0 Å². The number of carbonyl (C=O) groups is 1. The second-order valence-electron chi connectivity index (χ2n) is 3.97. The zero-order valence-electron chi connectivity index (χ0n) is 8.91. The topological polar surface area (TPSA) is 58.9 Å². The molecule has 0 saturated carbocycles. The first-order valence-corrected chi connectivity index (χ1v) is 5.24. The third-order valence-corrected chi connectivity index (χ3v) is 2.87. The highest BCUT2D eigenvalue weighted by atomic mass is 35.5. The van der Waals surface area contributed by atoms with Crippen LogP contribution >= 0.6 is 11.6 Å². The summed E-state index contributed by atoms with van der Waals surface area (Å²) in [6.07, 6.45) is 0.0867. The van der Waals surface area contributed by atoms with E-state index in [2.05, 4.69) is 5.16 Å². The molecule has 0 fully saturated rings. The van der Waals surface area contributed by atoms with E-state index in [9.17, 15) is 9.18 Å². The average molecular weight is 258 g/mol. The molecule has 0 spiro atoms. The number of hydrogen-bond donors (Lipinski definition) is 1. The number of nitrogens with zero attached hydrogens (tertiary/aromatic N) is 1. The van der Waals surface area contributed by atoms with Crippen molar-refractivity contribution in [1.29, 1.82) is 0 Å². The lowest BCUT2D eigenvalue weighted by molar-refractivity contribution is -0.160. The van der Waals surface area contributed by atoms with Gasteiger partial charge < -0.3 is 9.94 Å². The predicted octanol–water partition coefficient (Wildman–Crippen LogP) is 2.45. The number of rotatable bonds is 2. The molecule has 1 aliphatic heterocycles. The second-order valence-corrected chi connectivity index (χ2v) is 4.38. The van der Waals surface area contributed by atoms with Gasteiger partial charge in [-0.2, -0.15) is 0 Å². The Kier molecular flexibility index (Phi) is 2.79. The predicted molar refractivity (Wildman–Crippen MR) is 59.7 cm³/mol. The number of oxime groups is 1. The highest BCUT2D eigenvalue weighted by molar-refractivity contribution is 6.30. The molecule has 2 rings (SSSR count). The summed E-state index contributed by atoms with van der Waals surface area (Å²) in [4.78, 5) is 15.8. The van der Waals surface area contributed by atoms with Gasteiger partial charge in [0.05, 0.1) is 10.7 Å². The summed E-state index contributed by atoms with van der Waals surface area (Å²) in [5.41, 5.74) is -0.520. The van der Waals surface area contributed by atoms with Gasteiger partial charge >= 0.3 is 5.97 Å². The Bertz CT molecular complexity index is 517. The van der Waals surface area contributed by atoms with Gasteiger partial charge in [-0.25, -0.2) is 9.18 Å². The first-order valence-electron chi connectivity index (χ1n) is 4.86. The Morgan fingerprint density at radius 1 is 1.65 bits per heavy atom. The minimum absolute atomic E-state index is 0.00858. The Morgan fingerprint density at radius 3 is 2.88 bits per heavy atom. The molecule has 1 aliphatic rings. The molecule has 6 heteroatoms. The van der Waals surface area contributed by atoms with Crippen molar-refractivity contribution < 1.29 is 19.1 Å². The number of aliphatic carboxylic acids is 1. The van der Waals surface area contributed by atoms with Crippen LogP contribution in [0, 0.1) is 5.82 Å². The summed E-state index contributed by atoms with van der Waals surface area (Å²) < 4.78 is 13.2. The maximum atomic E-state index is 13.2. The zero-order chi connectivity index (χ0) is 12.6. The normalized spacial score (nSPS) is 23.1. The molecule has 1 aromatic carbocycles. The van der Waals surface area contributed by atoms with Crippen LogP contribution in [0.3, 0.4) is 0 Å².